The topological polar surface area (TPSA) is 24.1 Å². The van der Waals surface area contributed by atoms with E-state index in [1.165, 1.54) is 30.5 Å². The van der Waals surface area contributed by atoms with Crippen molar-refractivity contribution >= 4 is 5.69 Å². The molecular formula is C12H16N2. The van der Waals surface area contributed by atoms with Gasteiger partial charge in [-0.15, -0.1) is 0 Å². The Morgan fingerprint density at radius 3 is 2.93 bits per heavy atom. The molecule has 1 atom stereocenters. The third kappa shape index (κ3) is 1.62. The maximum absolute atomic E-state index is 3.57. The first kappa shape index (κ1) is 8.30. The van der Waals surface area contributed by atoms with Gasteiger partial charge >= 0.3 is 0 Å². The maximum atomic E-state index is 3.57. The predicted octanol–water partition coefficient (Wildman–Crippen LogP) is 1.78. The Balaban J connectivity index is 1.60. The van der Waals surface area contributed by atoms with Crippen LogP contribution in [0.25, 0.3) is 0 Å². The summed E-state index contributed by atoms with van der Waals surface area (Å²) in [5.41, 5.74) is 2.80. The second kappa shape index (κ2) is 3.28. The fraction of sp³-hybridized carbons (Fsp3) is 0.500. The third-order valence-electron chi connectivity index (χ3n) is 3.07. The summed E-state index contributed by atoms with van der Waals surface area (Å²) >= 11 is 0. The molecule has 74 valence electrons. The standard InChI is InChI=1S/C12H16N2/c1-2-4-12-9(3-1)7-11(14-12)8-13-10-5-6-10/h1-4,10-11,13-14H,5-8H2. The van der Waals surface area contributed by atoms with Crippen LogP contribution in [0.3, 0.4) is 0 Å². The first-order chi connectivity index (χ1) is 6.92. The molecule has 0 saturated heterocycles. The Morgan fingerprint density at radius 2 is 2.14 bits per heavy atom. The summed E-state index contributed by atoms with van der Waals surface area (Å²) in [6.45, 7) is 1.11. The zero-order chi connectivity index (χ0) is 9.38. The van der Waals surface area contributed by atoms with E-state index in [1.807, 2.05) is 0 Å². The van der Waals surface area contributed by atoms with Crippen molar-refractivity contribution in [2.45, 2.75) is 31.3 Å². The minimum absolute atomic E-state index is 0.605. The van der Waals surface area contributed by atoms with Gasteiger partial charge in [0.25, 0.3) is 0 Å². The highest BCUT2D eigenvalue weighted by Gasteiger charge is 2.24. The SMILES string of the molecule is c1ccc2c(c1)CC(CNC1CC1)N2. The zero-order valence-corrected chi connectivity index (χ0v) is 8.29. The molecule has 1 aliphatic heterocycles. The number of anilines is 1. The van der Waals surface area contributed by atoms with Gasteiger partial charge in [0.1, 0.15) is 0 Å². The fourth-order valence-corrected chi connectivity index (χ4v) is 2.10. The summed E-state index contributed by atoms with van der Waals surface area (Å²) in [6, 6.07) is 10.0. The first-order valence-corrected chi connectivity index (χ1v) is 5.49. The first-order valence-electron chi connectivity index (χ1n) is 5.49. The molecule has 1 saturated carbocycles. The van der Waals surface area contributed by atoms with Crippen LogP contribution >= 0.6 is 0 Å². The minimum atomic E-state index is 0.605. The largest absolute Gasteiger partial charge is 0.380 e. The molecular weight excluding hydrogens is 172 g/mol. The highest BCUT2D eigenvalue weighted by molar-refractivity contribution is 5.56. The van der Waals surface area contributed by atoms with Crippen LogP contribution in [0.5, 0.6) is 0 Å². The Kier molecular flexibility index (Phi) is 1.95. The molecule has 1 heterocycles. The van der Waals surface area contributed by atoms with Gasteiger partial charge in [0.2, 0.25) is 0 Å². The quantitative estimate of drug-likeness (QED) is 0.755. The van der Waals surface area contributed by atoms with Gasteiger partial charge in [0.05, 0.1) is 0 Å². The average molecular weight is 188 g/mol. The van der Waals surface area contributed by atoms with E-state index >= 15 is 0 Å². The molecule has 2 aliphatic rings. The van der Waals surface area contributed by atoms with Crippen molar-refractivity contribution < 1.29 is 0 Å². The van der Waals surface area contributed by atoms with Crippen LogP contribution in [0.2, 0.25) is 0 Å². The number of hydrogen-bond donors (Lipinski definition) is 2. The van der Waals surface area contributed by atoms with Crippen molar-refractivity contribution in [2.24, 2.45) is 0 Å². The van der Waals surface area contributed by atoms with Crippen molar-refractivity contribution in [3.8, 4) is 0 Å². The molecule has 2 nitrogen and oxygen atoms in total. The molecule has 2 N–H and O–H groups in total. The van der Waals surface area contributed by atoms with Gasteiger partial charge in [0, 0.05) is 24.3 Å². The fourth-order valence-electron chi connectivity index (χ4n) is 2.10. The molecule has 1 aliphatic carbocycles. The lowest BCUT2D eigenvalue weighted by Crippen LogP contribution is -2.32. The van der Waals surface area contributed by atoms with Gasteiger partial charge in [0.15, 0.2) is 0 Å². The summed E-state index contributed by atoms with van der Waals surface area (Å²) in [6.07, 6.45) is 3.93. The smallest absolute Gasteiger partial charge is 0.0427 e. The van der Waals surface area contributed by atoms with Crippen LogP contribution in [-0.2, 0) is 6.42 Å². The number of para-hydroxylation sites is 1. The second-order valence-corrected chi connectivity index (χ2v) is 4.39. The van der Waals surface area contributed by atoms with Crippen LogP contribution in [0.15, 0.2) is 24.3 Å². The number of fused-ring (bicyclic) bond motifs is 1. The lowest BCUT2D eigenvalue weighted by Gasteiger charge is -2.11. The predicted molar refractivity (Wildman–Crippen MR) is 58.6 cm³/mol. The van der Waals surface area contributed by atoms with Crippen molar-refractivity contribution in [3.63, 3.8) is 0 Å². The Bertz CT molecular complexity index is 306. The van der Waals surface area contributed by atoms with Gasteiger partial charge in [-0.3, -0.25) is 0 Å². The number of hydrogen-bond acceptors (Lipinski definition) is 2. The normalized spacial score (nSPS) is 24.4. The monoisotopic (exact) mass is 188 g/mol. The lowest BCUT2D eigenvalue weighted by atomic mass is 10.1. The Labute approximate surface area is 84.7 Å². The van der Waals surface area contributed by atoms with Crippen molar-refractivity contribution in [1.82, 2.24) is 5.32 Å². The van der Waals surface area contributed by atoms with E-state index in [9.17, 15) is 0 Å². The van der Waals surface area contributed by atoms with E-state index in [0.29, 0.717) is 6.04 Å². The molecule has 2 heteroatoms. The molecule has 0 spiro atoms. The van der Waals surface area contributed by atoms with Crippen molar-refractivity contribution in [2.75, 3.05) is 11.9 Å². The van der Waals surface area contributed by atoms with Crippen LogP contribution in [0.1, 0.15) is 18.4 Å². The van der Waals surface area contributed by atoms with E-state index in [2.05, 4.69) is 34.9 Å². The summed E-state index contributed by atoms with van der Waals surface area (Å²) in [7, 11) is 0. The highest BCUT2D eigenvalue weighted by atomic mass is 15.0. The third-order valence-corrected chi connectivity index (χ3v) is 3.07. The van der Waals surface area contributed by atoms with E-state index in [-0.39, 0.29) is 0 Å². The molecule has 14 heavy (non-hydrogen) atoms. The molecule has 1 unspecified atom stereocenters. The van der Waals surface area contributed by atoms with Gasteiger partial charge < -0.3 is 10.6 Å². The molecule has 1 aromatic carbocycles. The summed E-state index contributed by atoms with van der Waals surface area (Å²) < 4.78 is 0. The van der Waals surface area contributed by atoms with Gasteiger partial charge in [-0.25, -0.2) is 0 Å². The van der Waals surface area contributed by atoms with Crippen LogP contribution < -0.4 is 10.6 Å². The van der Waals surface area contributed by atoms with E-state index in [1.54, 1.807) is 0 Å². The molecule has 1 aromatic rings. The molecule has 0 radical (unpaired) electrons. The molecule has 0 aromatic heterocycles. The summed E-state index contributed by atoms with van der Waals surface area (Å²) in [4.78, 5) is 0. The van der Waals surface area contributed by atoms with Gasteiger partial charge in [-0.2, -0.15) is 0 Å². The summed E-state index contributed by atoms with van der Waals surface area (Å²) in [5, 5.41) is 7.13. The summed E-state index contributed by atoms with van der Waals surface area (Å²) in [5.74, 6) is 0. The highest BCUT2D eigenvalue weighted by Crippen LogP contribution is 2.25. The van der Waals surface area contributed by atoms with E-state index < -0.39 is 0 Å². The molecule has 1 fully saturated rings. The zero-order valence-electron chi connectivity index (χ0n) is 8.29. The molecule has 3 rings (SSSR count). The van der Waals surface area contributed by atoms with Gasteiger partial charge in [-0.05, 0) is 30.9 Å². The lowest BCUT2D eigenvalue weighted by molar-refractivity contribution is 0.611. The Hall–Kier alpha value is -1.02. The maximum Gasteiger partial charge on any atom is 0.0427 e. The van der Waals surface area contributed by atoms with E-state index in [0.717, 1.165) is 12.6 Å². The number of nitrogens with one attached hydrogen (secondary N) is 2. The van der Waals surface area contributed by atoms with E-state index in [4.69, 9.17) is 0 Å². The van der Waals surface area contributed by atoms with Crippen LogP contribution in [-0.4, -0.2) is 18.6 Å². The Morgan fingerprint density at radius 1 is 1.29 bits per heavy atom. The molecule has 0 bridgehead atoms. The average Bonchev–Trinajstić information content (AvgIpc) is 2.94. The minimum Gasteiger partial charge on any atom is -0.380 e. The molecule has 0 amide bonds. The van der Waals surface area contributed by atoms with Crippen molar-refractivity contribution in [1.29, 1.82) is 0 Å². The van der Waals surface area contributed by atoms with Crippen LogP contribution in [0, 0.1) is 0 Å². The number of rotatable bonds is 3. The number of benzene rings is 1. The van der Waals surface area contributed by atoms with Crippen LogP contribution in [0.4, 0.5) is 5.69 Å². The second-order valence-electron chi connectivity index (χ2n) is 4.39. The van der Waals surface area contributed by atoms with Crippen molar-refractivity contribution in [3.05, 3.63) is 29.8 Å². The van der Waals surface area contributed by atoms with Gasteiger partial charge in [-0.1, -0.05) is 18.2 Å².